The molecule has 5 rings (SSSR count). The van der Waals surface area contributed by atoms with Gasteiger partial charge in [0.05, 0.1) is 1.37 Å². The Morgan fingerprint density at radius 2 is 1.90 bits per heavy atom. The summed E-state index contributed by atoms with van der Waals surface area (Å²) in [6, 6.07) is 18.9. The monoisotopic (exact) mass is 462 g/mol. The molecule has 0 radical (unpaired) electrons. The maximum absolute atomic E-state index is 13.6. The highest BCUT2D eigenvalue weighted by atomic mass is 79.9. The average molecular weight is 463 g/mol. The lowest BCUT2D eigenvalue weighted by Gasteiger charge is -2.35. The second kappa shape index (κ2) is 8.17. The summed E-state index contributed by atoms with van der Waals surface area (Å²) in [4.78, 5) is 8.84. The third-order valence-corrected chi connectivity index (χ3v) is 5.94. The Morgan fingerprint density at radius 1 is 1.03 bits per heavy atom. The fourth-order valence-electron chi connectivity index (χ4n) is 4.02. The van der Waals surface area contributed by atoms with Crippen molar-refractivity contribution in [2.45, 2.75) is 13.1 Å². The summed E-state index contributed by atoms with van der Waals surface area (Å²) in [5.41, 5.74) is 5.20. The van der Waals surface area contributed by atoms with E-state index in [-0.39, 0.29) is 5.82 Å². The van der Waals surface area contributed by atoms with Crippen molar-refractivity contribution in [1.82, 2.24) is 9.88 Å². The van der Waals surface area contributed by atoms with Crippen LogP contribution in [0, 0.1) is 5.82 Å². The molecule has 3 heterocycles. The lowest BCUT2D eigenvalue weighted by Crippen LogP contribution is -2.33. The molecule has 3 nitrogen and oxygen atoms in total. The van der Waals surface area contributed by atoms with E-state index in [1.54, 1.807) is 18.3 Å². The van der Waals surface area contributed by atoms with E-state index in [0.717, 1.165) is 44.7 Å². The maximum atomic E-state index is 13.6. The van der Waals surface area contributed by atoms with E-state index in [0.29, 0.717) is 25.8 Å². The maximum Gasteiger partial charge on any atom is 0.140 e. The third-order valence-electron chi connectivity index (χ3n) is 5.41. The first-order valence-electron chi connectivity index (χ1n) is 10.4. The van der Waals surface area contributed by atoms with E-state index >= 15 is 0 Å². The van der Waals surface area contributed by atoms with E-state index in [4.69, 9.17) is 1.37 Å². The first kappa shape index (κ1) is 18.0. The van der Waals surface area contributed by atoms with E-state index < -0.39 is 0 Å². The zero-order valence-electron chi connectivity index (χ0n) is 17.4. The molecule has 2 aromatic carbocycles. The van der Waals surface area contributed by atoms with Crippen molar-refractivity contribution >= 4 is 27.3 Å². The summed E-state index contributed by atoms with van der Waals surface area (Å²) in [5.74, 6) is 0.605. The van der Waals surface area contributed by atoms with Gasteiger partial charge in [-0.05, 0) is 58.7 Å². The molecule has 0 amide bonds. The van der Waals surface area contributed by atoms with Gasteiger partial charge in [0.1, 0.15) is 11.6 Å². The van der Waals surface area contributed by atoms with Crippen molar-refractivity contribution in [2.24, 2.45) is 0 Å². The van der Waals surface area contributed by atoms with Crippen LogP contribution in [0.5, 0.6) is 0 Å². The van der Waals surface area contributed by atoms with Crippen LogP contribution in [-0.4, -0.2) is 23.0 Å². The summed E-state index contributed by atoms with van der Waals surface area (Å²) in [6.45, 7) is 2.62. The lowest BCUT2D eigenvalue weighted by atomic mass is 9.92. The third kappa shape index (κ3) is 3.95. The number of anilines is 1. The molecule has 0 unspecified atom stereocenters. The predicted molar refractivity (Wildman–Crippen MR) is 122 cm³/mol. The minimum absolute atomic E-state index is 0.218. The van der Waals surface area contributed by atoms with Gasteiger partial charge < -0.3 is 4.90 Å². The molecule has 0 fully saturated rings. The van der Waals surface area contributed by atoms with Gasteiger partial charge in [-0.25, -0.2) is 9.37 Å². The Balaban J connectivity index is 1.49. The quantitative estimate of drug-likeness (QED) is 0.489. The van der Waals surface area contributed by atoms with Crippen LogP contribution < -0.4 is 4.90 Å². The van der Waals surface area contributed by atoms with Crippen molar-refractivity contribution in [3.63, 3.8) is 0 Å². The Kier molecular flexibility index (Phi) is 4.91. The van der Waals surface area contributed by atoms with Crippen LogP contribution in [0.3, 0.4) is 0 Å². The number of hydrogen-bond acceptors (Lipinski definition) is 3. The fourth-order valence-corrected chi connectivity index (χ4v) is 4.29. The van der Waals surface area contributed by atoms with Crippen molar-refractivity contribution in [3.05, 3.63) is 112 Å². The molecule has 0 saturated heterocycles. The van der Waals surface area contributed by atoms with Gasteiger partial charge in [-0.1, -0.05) is 46.3 Å². The number of halogens is 2. The number of nitrogens with zero attached hydrogens (tertiary/aromatic N) is 3. The highest BCUT2D eigenvalue weighted by molar-refractivity contribution is 9.10. The van der Waals surface area contributed by atoms with Crippen LogP contribution in [-0.2, 0) is 13.1 Å². The minimum Gasteiger partial charge on any atom is -0.328 e. The van der Waals surface area contributed by atoms with E-state index in [9.17, 15) is 4.39 Å². The Hall–Kier alpha value is -2.76. The van der Waals surface area contributed by atoms with Gasteiger partial charge in [-0.15, -0.1) is 0 Å². The van der Waals surface area contributed by atoms with Gasteiger partial charge in [0.2, 0.25) is 0 Å². The van der Waals surface area contributed by atoms with Crippen LogP contribution in [0.4, 0.5) is 10.2 Å². The molecular weight excluding hydrogens is 441 g/mol. The van der Waals surface area contributed by atoms with Crippen LogP contribution in [0.25, 0.3) is 5.57 Å². The number of hydrogen-bond donors (Lipinski definition) is 0. The van der Waals surface area contributed by atoms with Crippen LogP contribution in [0.15, 0.2) is 89.2 Å². The molecule has 0 spiro atoms. The first-order chi connectivity index (χ1) is 15.1. The highest BCUT2D eigenvalue weighted by Gasteiger charge is 2.27. The smallest absolute Gasteiger partial charge is 0.140 e. The van der Waals surface area contributed by atoms with Gasteiger partial charge in [0, 0.05) is 48.6 Å². The zero-order chi connectivity index (χ0) is 21.4. The molecule has 0 aliphatic carbocycles. The summed E-state index contributed by atoms with van der Waals surface area (Å²) >= 11 is 3.48. The summed E-state index contributed by atoms with van der Waals surface area (Å²) in [6.07, 6.45) is 4.43. The van der Waals surface area contributed by atoms with Gasteiger partial charge >= 0.3 is 0 Å². The fraction of sp³-hybridized carbons (Fsp3) is 0.160. The van der Waals surface area contributed by atoms with E-state index in [1.165, 1.54) is 6.07 Å². The highest BCUT2D eigenvalue weighted by Crippen LogP contribution is 2.38. The molecular formula is C25H21BrFN3. The lowest BCUT2D eigenvalue weighted by molar-refractivity contribution is 0.316. The molecule has 2 aliphatic rings. The summed E-state index contributed by atoms with van der Waals surface area (Å²) in [7, 11) is 0. The molecule has 0 bridgehead atoms. The molecule has 30 heavy (non-hydrogen) atoms. The number of rotatable bonds is 4. The molecule has 0 saturated carbocycles. The van der Waals surface area contributed by atoms with Gasteiger partial charge in [0.15, 0.2) is 0 Å². The molecule has 0 N–H and O–H groups in total. The van der Waals surface area contributed by atoms with Crippen molar-refractivity contribution in [2.75, 3.05) is 18.0 Å². The average Bonchev–Trinajstić information content (AvgIpc) is 2.78. The predicted octanol–water partition coefficient (Wildman–Crippen LogP) is 5.79. The van der Waals surface area contributed by atoms with Gasteiger partial charge in [-0.2, -0.15) is 0 Å². The zero-order valence-corrected chi connectivity index (χ0v) is 17.9. The normalized spacial score (nSPS) is 16.7. The Morgan fingerprint density at radius 3 is 2.73 bits per heavy atom. The van der Waals surface area contributed by atoms with Crippen LogP contribution >= 0.6 is 15.9 Å². The SMILES string of the molecule is [2H]C1=C2CN(Cc3cccc(F)c3)CC=C2c2cccnc2N1Cc1ccc(Br)cc1. The van der Waals surface area contributed by atoms with Gasteiger partial charge in [-0.3, -0.25) is 4.90 Å². The van der Waals surface area contributed by atoms with E-state index in [2.05, 4.69) is 50.1 Å². The molecule has 1 aromatic heterocycles. The second-order valence-corrected chi connectivity index (χ2v) is 8.51. The first-order valence-corrected chi connectivity index (χ1v) is 10.7. The van der Waals surface area contributed by atoms with E-state index in [1.807, 2.05) is 29.2 Å². The second-order valence-electron chi connectivity index (χ2n) is 7.59. The van der Waals surface area contributed by atoms with Crippen molar-refractivity contribution < 1.29 is 5.76 Å². The number of benzene rings is 2. The topological polar surface area (TPSA) is 19.4 Å². The summed E-state index contributed by atoms with van der Waals surface area (Å²) in [5, 5.41) is 0. The van der Waals surface area contributed by atoms with Crippen molar-refractivity contribution in [3.8, 4) is 0 Å². The molecule has 5 heteroatoms. The molecule has 150 valence electrons. The van der Waals surface area contributed by atoms with Crippen molar-refractivity contribution in [1.29, 1.82) is 0 Å². The standard InChI is InChI=1S/C25H21BrFN3/c26-21-8-6-18(7-9-21)15-30-17-20-16-29(14-19-3-1-4-22(27)13-19)12-10-23(20)24-5-2-11-28-25(24)30/h1-11,13,17H,12,14-16H2/i17D. The molecule has 0 atom stereocenters. The number of pyridine rings is 1. The Bertz CT molecular complexity index is 1190. The van der Waals surface area contributed by atoms with Crippen LogP contribution in [0.1, 0.15) is 18.1 Å². The summed E-state index contributed by atoms with van der Waals surface area (Å²) < 4.78 is 23.7. The Labute approximate surface area is 185 Å². The largest absolute Gasteiger partial charge is 0.328 e. The van der Waals surface area contributed by atoms with Gasteiger partial charge in [0.25, 0.3) is 0 Å². The number of aromatic nitrogens is 1. The van der Waals surface area contributed by atoms with Crippen LogP contribution in [0.2, 0.25) is 0 Å². The minimum atomic E-state index is -0.218. The molecule has 2 aliphatic heterocycles. The number of fused-ring (bicyclic) bond motifs is 3. The molecule has 3 aromatic rings.